The van der Waals surface area contributed by atoms with Gasteiger partial charge in [-0.25, -0.2) is 8.42 Å². The lowest BCUT2D eigenvalue weighted by molar-refractivity contribution is -0.120. The summed E-state index contributed by atoms with van der Waals surface area (Å²) in [6.45, 7) is 0.480. The third-order valence-corrected chi connectivity index (χ3v) is 7.44. The highest BCUT2D eigenvalue weighted by molar-refractivity contribution is 7.89. The fraction of sp³-hybridized carbons (Fsp3) is 0.381. The van der Waals surface area contributed by atoms with Crippen LogP contribution < -0.4 is 19.5 Å². The van der Waals surface area contributed by atoms with Gasteiger partial charge >= 0.3 is 0 Å². The van der Waals surface area contributed by atoms with Gasteiger partial charge < -0.3 is 19.5 Å². The van der Waals surface area contributed by atoms with Crippen LogP contribution in [0, 0.1) is 5.92 Å². The number of amides is 1. The molecule has 10 heteroatoms. The summed E-state index contributed by atoms with van der Waals surface area (Å²) in [5, 5.41) is 3.10. The molecule has 2 aromatic carbocycles. The summed E-state index contributed by atoms with van der Waals surface area (Å²) in [7, 11) is 0.820. The van der Waals surface area contributed by atoms with Crippen molar-refractivity contribution in [2.75, 3.05) is 39.7 Å². The van der Waals surface area contributed by atoms with Crippen LogP contribution in [0.3, 0.4) is 0 Å². The number of nitrogens with one attached hydrogen (secondary N) is 1. The molecule has 0 bridgehead atoms. The average molecular weight is 469 g/mol. The highest BCUT2D eigenvalue weighted by Crippen LogP contribution is 2.32. The second-order valence-electron chi connectivity index (χ2n) is 7.03. The van der Waals surface area contributed by atoms with Crippen molar-refractivity contribution in [2.24, 2.45) is 5.92 Å². The Balaban J connectivity index is 1.65. The van der Waals surface area contributed by atoms with Crippen molar-refractivity contribution >= 4 is 33.2 Å². The number of hydrogen-bond acceptors (Lipinski definition) is 6. The van der Waals surface area contributed by atoms with Crippen LogP contribution in [0.25, 0.3) is 0 Å². The van der Waals surface area contributed by atoms with Crippen LogP contribution >= 0.6 is 11.6 Å². The minimum absolute atomic E-state index is 0.101. The van der Waals surface area contributed by atoms with Gasteiger partial charge in [-0.15, -0.1) is 0 Å². The molecule has 8 nitrogen and oxygen atoms in total. The third kappa shape index (κ3) is 5.06. The minimum Gasteiger partial charge on any atom is -0.497 e. The van der Waals surface area contributed by atoms with Gasteiger partial charge in [-0.05, 0) is 43.2 Å². The summed E-state index contributed by atoms with van der Waals surface area (Å²) in [4.78, 5) is 12.8. The summed E-state index contributed by atoms with van der Waals surface area (Å²) in [6.07, 6.45) is 0.820. The van der Waals surface area contributed by atoms with Gasteiger partial charge in [0.05, 0.1) is 36.9 Å². The summed E-state index contributed by atoms with van der Waals surface area (Å²) in [5.41, 5.74) is 0.538. The van der Waals surface area contributed by atoms with E-state index in [0.29, 0.717) is 35.8 Å². The summed E-state index contributed by atoms with van der Waals surface area (Å²) >= 11 is 6.08. The lowest BCUT2D eigenvalue weighted by Crippen LogP contribution is -2.41. The Morgan fingerprint density at radius 2 is 1.68 bits per heavy atom. The molecule has 0 atom stereocenters. The Morgan fingerprint density at radius 3 is 2.26 bits per heavy atom. The molecule has 1 N–H and O–H groups in total. The number of halogens is 1. The van der Waals surface area contributed by atoms with Crippen molar-refractivity contribution < 1.29 is 27.4 Å². The van der Waals surface area contributed by atoms with E-state index in [1.54, 1.807) is 25.3 Å². The quantitative estimate of drug-likeness (QED) is 0.669. The maximum absolute atomic E-state index is 12.9. The number of benzene rings is 2. The number of hydrogen-bond donors (Lipinski definition) is 1. The molecule has 0 aromatic heterocycles. The number of rotatable bonds is 7. The normalized spacial score (nSPS) is 15.4. The molecule has 2 aromatic rings. The van der Waals surface area contributed by atoms with Gasteiger partial charge in [-0.1, -0.05) is 11.6 Å². The molecule has 1 aliphatic heterocycles. The maximum atomic E-state index is 12.9. The Morgan fingerprint density at radius 1 is 1.00 bits per heavy atom. The van der Waals surface area contributed by atoms with Crippen LogP contribution in [0.4, 0.5) is 5.69 Å². The lowest BCUT2D eigenvalue weighted by atomic mass is 9.97. The lowest BCUT2D eigenvalue weighted by Gasteiger charge is -2.30. The number of sulfonamides is 1. The van der Waals surface area contributed by atoms with E-state index in [2.05, 4.69) is 5.32 Å². The minimum atomic E-state index is -3.71. The fourth-order valence-corrected chi connectivity index (χ4v) is 5.27. The van der Waals surface area contributed by atoms with E-state index in [0.717, 1.165) is 0 Å². The number of nitrogens with zero attached hydrogens (tertiary/aromatic N) is 1. The monoisotopic (exact) mass is 468 g/mol. The largest absolute Gasteiger partial charge is 0.497 e. The van der Waals surface area contributed by atoms with Gasteiger partial charge in [0.1, 0.15) is 17.2 Å². The van der Waals surface area contributed by atoms with Crippen LogP contribution in [-0.4, -0.2) is 53.0 Å². The van der Waals surface area contributed by atoms with Crippen LogP contribution in [0.2, 0.25) is 5.02 Å². The molecule has 1 aliphatic rings. The van der Waals surface area contributed by atoms with Gasteiger partial charge in [0.25, 0.3) is 0 Å². The number of piperidine rings is 1. The fourth-order valence-electron chi connectivity index (χ4n) is 3.45. The number of carbonyl (C=O) groups excluding carboxylic acids is 1. The van der Waals surface area contributed by atoms with Gasteiger partial charge in [-0.2, -0.15) is 4.31 Å². The Labute approximate surface area is 187 Å². The molecule has 1 fully saturated rings. The van der Waals surface area contributed by atoms with E-state index in [4.69, 9.17) is 25.8 Å². The highest BCUT2D eigenvalue weighted by Gasteiger charge is 2.32. The zero-order valence-electron chi connectivity index (χ0n) is 17.6. The molecular weight excluding hydrogens is 444 g/mol. The standard InChI is InChI=1S/C21H25ClN2O6S/c1-28-15-4-6-18(20(12-15)30-3)23-21(25)14-8-10-24(11-9-14)31(26,27)16-5-7-19(29-2)17(22)13-16/h4-7,12-14H,8-11H2,1-3H3,(H,23,25). The second-order valence-corrected chi connectivity index (χ2v) is 9.38. The molecule has 0 radical (unpaired) electrons. The molecule has 1 amide bonds. The zero-order chi connectivity index (χ0) is 22.6. The Kier molecular flexibility index (Phi) is 7.30. The molecule has 31 heavy (non-hydrogen) atoms. The molecule has 1 saturated heterocycles. The van der Waals surface area contributed by atoms with Gasteiger partial charge in [-0.3, -0.25) is 4.79 Å². The SMILES string of the molecule is COc1ccc(NC(=O)C2CCN(S(=O)(=O)c3ccc(OC)c(Cl)c3)CC2)c(OC)c1. The summed E-state index contributed by atoms with van der Waals surface area (Å²) in [6, 6.07) is 9.50. The molecule has 168 valence electrons. The first kappa shape index (κ1) is 23.2. The number of methoxy groups -OCH3 is 3. The van der Waals surface area contributed by atoms with Gasteiger partial charge in [0.15, 0.2) is 0 Å². The number of carbonyl (C=O) groups is 1. The predicted octanol–water partition coefficient (Wildman–Crippen LogP) is 3.41. The topological polar surface area (TPSA) is 94.2 Å². The Bertz CT molecular complexity index is 1050. The summed E-state index contributed by atoms with van der Waals surface area (Å²) < 4.78 is 42.8. The smallest absolute Gasteiger partial charge is 0.243 e. The van der Waals surface area contributed by atoms with Crippen LogP contribution in [-0.2, 0) is 14.8 Å². The van der Waals surface area contributed by atoms with Crippen molar-refractivity contribution in [1.29, 1.82) is 0 Å². The third-order valence-electron chi connectivity index (χ3n) is 5.25. The van der Waals surface area contributed by atoms with Crippen molar-refractivity contribution in [2.45, 2.75) is 17.7 Å². The average Bonchev–Trinajstić information content (AvgIpc) is 2.79. The molecule has 3 rings (SSSR count). The van der Waals surface area contributed by atoms with Crippen LogP contribution in [0.1, 0.15) is 12.8 Å². The van der Waals surface area contributed by atoms with Gasteiger partial charge in [0, 0.05) is 25.1 Å². The van der Waals surface area contributed by atoms with Crippen molar-refractivity contribution in [3.63, 3.8) is 0 Å². The highest BCUT2D eigenvalue weighted by atomic mass is 35.5. The van der Waals surface area contributed by atoms with E-state index >= 15 is 0 Å². The van der Waals surface area contributed by atoms with E-state index in [9.17, 15) is 13.2 Å². The maximum Gasteiger partial charge on any atom is 0.243 e. The molecule has 1 heterocycles. The van der Waals surface area contributed by atoms with E-state index in [1.807, 2.05) is 0 Å². The van der Waals surface area contributed by atoms with Crippen molar-refractivity contribution in [3.05, 3.63) is 41.4 Å². The van der Waals surface area contributed by atoms with E-state index in [-0.39, 0.29) is 34.8 Å². The number of anilines is 1. The molecule has 0 saturated carbocycles. The van der Waals surface area contributed by atoms with Crippen LogP contribution in [0.5, 0.6) is 17.2 Å². The predicted molar refractivity (Wildman–Crippen MR) is 118 cm³/mol. The zero-order valence-corrected chi connectivity index (χ0v) is 19.1. The number of ether oxygens (including phenoxy) is 3. The Hall–Kier alpha value is -2.49. The first-order chi connectivity index (χ1) is 14.8. The molecule has 0 aliphatic carbocycles. The van der Waals surface area contributed by atoms with E-state index < -0.39 is 10.0 Å². The second kappa shape index (κ2) is 9.76. The van der Waals surface area contributed by atoms with Crippen molar-refractivity contribution in [1.82, 2.24) is 4.31 Å². The van der Waals surface area contributed by atoms with Crippen molar-refractivity contribution in [3.8, 4) is 17.2 Å². The molecular formula is C21H25ClN2O6S. The van der Waals surface area contributed by atoms with Crippen LogP contribution in [0.15, 0.2) is 41.3 Å². The van der Waals surface area contributed by atoms with E-state index in [1.165, 1.54) is 36.7 Å². The van der Waals surface area contributed by atoms with Gasteiger partial charge in [0.2, 0.25) is 15.9 Å². The molecule has 0 spiro atoms. The first-order valence-corrected chi connectivity index (χ1v) is 11.5. The summed E-state index contributed by atoms with van der Waals surface area (Å²) in [5.74, 6) is 1.03. The first-order valence-electron chi connectivity index (χ1n) is 9.66. The molecule has 0 unspecified atom stereocenters.